The molecule has 2 fully saturated rings. The number of amides is 1. The minimum absolute atomic E-state index is 0.0176. The zero-order chi connectivity index (χ0) is 26.0. The predicted octanol–water partition coefficient (Wildman–Crippen LogP) is 0.522. The van der Waals surface area contributed by atoms with Gasteiger partial charge in [0.2, 0.25) is 5.91 Å². The van der Waals surface area contributed by atoms with E-state index in [4.69, 9.17) is 5.73 Å². The zero-order valence-corrected chi connectivity index (χ0v) is 20.0. The number of benzene rings is 1. The van der Waals surface area contributed by atoms with Gasteiger partial charge >= 0.3 is 0 Å². The van der Waals surface area contributed by atoms with Gasteiger partial charge in [-0.15, -0.1) is 0 Å². The van der Waals surface area contributed by atoms with Crippen molar-refractivity contribution in [3.05, 3.63) is 28.8 Å². The Morgan fingerprint density at radius 2 is 1.80 bits per heavy atom. The van der Waals surface area contributed by atoms with E-state index in [2.05, 4.69) is 0 Å². The van der Waals surface area contributed by atoms with Crippen molar-refractivity contribution in [3.63, 3.8) is 0 Å². The van der Waals surface area contributed by atoms with E-state index in [1.54, 1.807) is 26.8 Å². The first-order valence-electron chi connectivity index (χ1n) is 12.0. The van der Waals surface area contributed by atoms with Crippen LogP contribution in [0.4, 0.5) is 0 Å². The summed E-state index contributed by atoms with van der Waals surface area (Å²) in [5.74, 6) is -11.6. The maximum atomic E-state index is 13.7. The maximum absolute atomic E-state index is 13.7. The number of hydrogen-bond donors (Lipinski definition) is 4. The summed E-state index contributed by atoms with van der Waals surface area (Å²) in [7, 11) is 0. The number of phenols is 1. The second-order valence-corrected chi connectivity index (χ2v) is 10.6. The Hall–Kier alpha value is -2.91. The number of aryl methyl sites for hydroxylation is 1. The number of aromatic hydroxyl groups is 1. The first kappa shape index (κ1) is 25.2. The van der Waals surface area contributed by atoms with Gasteiger partial charge < -0.3 is 21.1 Å². The van der Waals surface area contributed by atoms with Gasteiger partial charge in [0.15, 0.2) is 34.7 Å². The van der Waals surface area contributed by atoms with Crippen LogP contribution >= 0.6 is 0 Å². The Bertz CT molecular complexity index is 1140. The molecule has 4 rings (SSSR count). The van der Waals surface area contributed by atoms with E-state index in [0.29, 0.717) is 18.4 Å². The number of carbonyl (C=O) groups excluding carboxylic acids is 5. The summed E-state index contributed by atoms with van der Waals surface area (Å²) in [6.45, 7) is 5.07. The molecule has 3 aliphatic carbocycles. The Morgan fingerprint density at radius 1 is 1.14 bits per heavy atom. The molecule has 1 aromatic rings. The van der Waals surface area contributed by atoms with Gasteiger partial charge in [0.05, 0.1) is 17.6 Å². The van der Waals surface area contributed by atoms with Crippen LogP contribution in [0.15, 0.2) is 12.1 Å². The van der Waals surface area contributed by atoms with E-state index in [-0.39, 0.29) is 24.2 Å². The summed E-state index contributed by atoms with van der Waals surface area (Å²) in [4.78, 5) is 65.7. The molecule has 0 aliphatic heterocycles. The third kappa shape index (κ3) is 3.63. The number of hydrogen-bond acceptors (Lipinski definition) is 8. The highest BCUT2D eigenvalue weighted by atomic mass is 16.3. The van der Waals surface area contributed by atoms with Crippen LogP contribution in [0, 0.1) is 35.5 Å². The van der Waals surface area contributed by atoms with E-state index in [9.17, 15) is 39.3 Å². The number of aliphatic hydroxyl groups excluding tert-OH is 1. The molecule has 0 aromatic heterocycles. The number of carbonyl (C=O) groups is 5. The normalized spacial score (nSPS) is 33.3. The third-order valence-electron chi connectivity index (χ3n) is 8.12. The fraction of sp³-hybridized carbons (Fsp3) is 0.577. The summed E-state index contributed by atoms with van der Waals surface area (Å²) in [6, 6.07) is 3.05. The summed E-state index contributed by atoms with van der Waals surface area (Å²) in [5.41, 5.74) is 3.97. The topological polar surface area (TPSA) is 172 Å². The van der Waals surface area contributed by atoms with Crippen LogP contribution in [0.1, 0.15) is 55.1 Å². The monoisotopic (exact) mass is 485 g/mol. The Kier molecular flexibility index (Phi) is 6.22. The molecule has 1 amide bonds. The molecule has 0 radical (unpaired) electrons. The highest BCUT2D eigenvalue weighted by molar-refractivity contribution is 6.31. The Balaban J connectivity index is 1.83. The van der Waals surface area contributed by atoms with Crippen LogP contribution in [0.3, 0.4) is 0 Å². The van der Waals surface area contributed by atoms with E-state index in [1.807, 2.05) is 0 Å². The Morgan fingerprint density at radius 3 is 2.37 bits per heavy atom. The number of aliphatic hydroxyl groups is 2. The van der Waals surface area contributed by atoms with Crippen molar-refractivity contribution >= 4 is 29.0 Å². The van der Waals surface area contributed by atoms with Gasteiger partial charge in [-0.2, -0.15) is 0 Å². The van der Waals surface area contributed by atoms with Gasteiger partial charge in [-0.25, -0.2) is 0 Å². The number of rotatable bonds is 5. The van der Waals surface area contributed by atoms with Crippen LogP contribution < -0.4 is 5.73 Å². The van der Waals surface area contributed by atoms with Gasteiger partial charge in [-0.05, 0) is 61.6 Å². The van der Waals surface area contributed by atoms with Crippen molar-refractivity contribution in [2.24, 2.45) is 41.2 Å². The first-order valence-corrected chi connectivity index (χ1v) is 12.0. The smallest absolute Gasteiger partial charge is 0.235 e. The van der Waals surface area contributed by atoms with Crippen LogP contribution in [0.5, 0.6) is 5.75 Å². The number of ketones is 4. The van der Waals surface area contributed by atoms with E-state index in [1.165, 1.54) is 6.07 Å². The Labute approximate surface area is 202 Å². The van der Waals surface area contributed by atoms with Gasteiger partial charge in [0.25, 0.3) is 0 Å². The summed E-state index contributed by atoms with van der Waals surface area (Å²) in [6.07, 6.45) is 0.614. The van der Waals surface area contributed by atoms with E-state index < -0.39 is 76.3 Å². The van der Waals surface area contributed by atoms with Gasteiger partial charge in [0.1, 0.15) is 5.75 Å². The lowest BCUT2D eigenvalue weighted by Crippen LogP contribution is -2.71. The van der Waals surface area contributed by atoms with Crippen LogP contribution in [0.2, 0.25) is 0 Å². The zero-order valence-electron chi connectivity index (χ0n) is 20.0. The lowest BCUT2D eigenvalue weighted by Gasteiger charge is -2.52. The van der Waals surface area contributed by atoms with Crippen molar-refractivity contribution in [2.45, 2.75) is 58.2 Å². The van der Waals surface area contributed by atoms with Gasteiger partial charge in [0, 0.05) is 11.8 Å². The predicted molar refractivity (Wildman–Crippen MR) is 122 cm³/mol. The molecule has 9 nitrogen and oxygen atoms in total. The summed E-state index contributed by atoms with van der Waals surface area (Å²) >= 11 is 0. The maximum Gasteiger partial charge on any atom is 0.235 e. The molecule has 3 unspecified atom stereocenters. The number of fused-ring (bicyclic) bond motifs is 3. The van der Waals surface area contributed by atoms with Crippen molar-refractivity contribution < 1.29 is 39.3 Å². The number of phenolic OH excluding ortho intramolecular Hbond substituents is 1. The van der Waals surface area contributed by atoms with Crippen molar-refractivity contribution in [2.75, 3.05) is 0 Å². The van der Waals surface area contributed by atoms with E-state index in [0.717, 1.165) is 5.56 Å². The molecular weight excluding hydrogens is 454 g/mol. The SMILES string of the molecule is CC(O)CCc1ccc(O)c2c1C[C@H]1C[C@H]3[C@H](C(C)C)C(=O)C(C(N)=O)C(=O)[C@@]3(O)C(=O)C1C2=O. The molecule has 3 aliphatic rings. The molecule has 7 atom stereocenters. The van der Waals surface area contributed by atoms with Crippen molar-refractivity contribution in [1.82, 2.24) is 0 Å². The average molecular weight is 486 g/mol. The second kappa shape index (κ2) is 8.64. The summed E-state index contributed by atoms with van der Waals surface area (Å²) in [5, 5.41) is 31.8. The standard InChI is InChI=1S/C26H31NO8/c1-10(2)17-15-9-13-8-14-12(5-4-11(3)28)6-7-16(29)19(14)22(31)18(13)23(32)26(15,35)24(33)20(21(17)30)25(27)34/h6-7,10-11,13,15,17-18,20,28-29,35H,4-5,8-9H2,1-3H3,(H2,27,34)/t11?,13-,15-,17-,18?,20?,26-/m0/s1. The minimum Gasteiger partial charge on any atom is -0.507 e. The number of Topliss-reactive ketones (excluding diaryl/α,β-unsaturated/α-hetero) is 4. The molecule has 5 N–H and O–H groups in total. The average Bonchev–Trinajstić information content (AvgIpc) is 2.75. The van der Waals surface area contributed by atoms with Crippen molar-refractivity contribution in [3.8, 4) is 5.75 Å². The fourth-order valence-electron chi connectivity index (χ4n) is 6.52. The van der Waals surface area contributed by atoms with Gasteiger partial charge in [-0.1, -0.05) is 19.9 Å². The number of nitrogens with two attached hydrogens (primary N) is 1. The van der Waals surface area contributed by atoms with Crippen LogP contribution in [-0.2, 0) is 32.0 Å². The lowest BCUT2D eigenvalue weighted by molar-refractivity contribution is -0.182. The highest BCUT2D eigenvalue weighted by Crippen LogP contribution is 2.53. The first-order chi connectivity index (χ1) is 16.3. The molecule has 35 heavy (non-hydrogen) atoms. The van der Waals surface area contributed by atoms with Crippen molar-refractivity contribution in [1.29, 1.82) is 0 Å². The quantitative estimate of drug-likeness (QED) is 0.437. The molecule has 0 spiro atoms. The molecular formula is C26H31NO8. The molecule has 9 heteroatoms. The van der Waals surface area contributed by atoms with E-state index >= 15 is 0 Å². The minimum atomic E-state index is -2.68. The molecule has 0 heterocycles. The molecule has 2 saturated carbocycles. The largest absolute Gasteiger partial charge is 0.507 e. The number of primary amides is 1. The third-order valence-corrected chi connectivity index (χ3v) is 8.12. The lowest BCUT2D eigenvalue weighted by atomic mass is 9.49. The summed E-state index contributed by atoms with van der Waals surface area (Å²) < 4.78 is 0. The highest BCUT2D eigenvalue weighted by Gasteiger charge is 2.69. The van der Waals surface area contributed by atoms with Gasteiger partial charge in [-0.3, -0.25) is 24.0 Å². The second-order valence-electron chi connectivity index (χ2n) is 10.6. The molecule has 0 bridgehead atoms. The molecule has 188 valence electrons. The fourth-order valence-corrected chi connectivity index (χ4v) is 6.52. The molecule has 0 saturated heterocycles. The van der Waals surface area contributed by atoms with Crippen LogP contribution in [0.25, 0.3) is 0 Å². The molecule has 1 aromatic carbocycles. The van der Waals surface area contributed by atoms with Crippen LogP contribution in [-0.4, -0.2) is 56.1 Å².